The Morgan fingerprint density at radius 2 is 1.95 bits per heavy atom. The molecule has 1 amide bonds. The predicted octanol–water partition coefficient (Wildman–Crippen LogP) is 3.53. The van der Waals surface area contributed by atoms with E-state index in [2.05, 4.69) is 17.9 Å². The van der Waals surface area contributed by atoms with Crippen LogP contribution in [0.5, 0.6) is 11.5 Å². The third-order valence-electron chi connectivity index (χ3n) is 3.16. The molecule has 0 atom stereocenters. The first kappa shape index (κ1) is 16.7. The molecule has 0 aliphatic heterocycles. The molecule has 0 aliphatic rings. The van der Waals surface area contributed by atoms with Gasteiger partial charge in [0.15, 0.2) is 11.5 Å². The number of aromatic hydroxyl groups is 1. The average molecular weight is 297 g/mol. The van der Waals surface area contributed by atoms with Crippen molar-refractivity contribution in [1.29, 1.82) is 0 Å². The standard InChI is InChI=1S/C15H23NO3S/c1-19-14-11-12(8-9-13(14)17)7-5-3-2-4-6-10-16-15(18)20/h8-9,11,17H,2-7,10H2,1H3,(H2,16,18,20). The fourth-order valence-corrected chi connectivity index (χ4v) is 2.17. The lowest BCUT2D eigenvalue weighted by Gasteiger charge is -2.07. The summed E-state index contributed by atoms with van der Waals surface area (Å²) in [6.45, 7) is 0.706. The average Bonchev–Trinajstić information content (AvgIpc) is 2.43. The second-order valence-electron chi connectivity index (χ2n) is 4.76. The van der Waals surface area contributed by atoms with Gasteiger partial charge in [-0.1, -0.05) is 38.0 Å². The molecule has 5 heteroatoms. The number of ether oxygens (including phenoxy) is 1. The van der Waals surface area contributed by atoms with Crippen molar-refractivity contribution in [3.8, 4) is 11.5 Å². The lowest BCUT2D eigenvalue weighted by atomic mass is 10.0. The Labute approximate surface area is 125 Å². The van der Waals surface area contributed by atoms with Gasteiger partial charge in [0.25, 0.3) is 5.24 Å². The Bertz CT molecular complexity index is 424. The minimum absolute atomic E-state index is 0.183. The minimum atomic E-state index is -0.258. The summed E-state index contributed by atoms with van der Waals surface area (Å²) in [5.41, 5.74) is 1.18. The van der Waals surface area contributed by atoms with Crippen molar-refractivity contribution in [1.82, 2.24) is 5.32 Å². The zero-order valence-electron chi connectivity index (χ0n) is 11.9. The first-order chi connectivity index (χ1) is 9.63. The molecular weight excluding hydrogens is 274 g/mol. The van der Waals surface area contributed by atoms with E-state index in [-0.39, 0.29) is 11.0 Å². The van der Waals surface area contributed by atoms with Crippen LogP contribution in [0.15, 0.2) is 18.2 Å². The van der Waals surface area contributed by atoms with Crippen LogP contribution >= 0.6 is 12.6 Å². The summed E-state index contributed by atoms with van der Waals surface area (Å²) in [6, 6.07) is 5.49. The molecule has 0 heterocycles. The number of nitrogens with one attached hydrogen (secondary N) is 1. The lowest BCUT2D eigenvalue weighted by Crippen LogP contribution is -2.17. The lowest BCUT2D eigenvalue weighted by molar-refractivity contribution is 0.261. The largest absolute Gasteiger partial charge is 0.504 e. The van der Waals surface area contributed by atoms with Gasteiger partial charge in [-0.2, -0.15) is 0 Å². The molecule has 0 fully saturated rings. The van der Waals surface area contributed by atoms with Crippen LogP contribution in [0.2, 0.25) is 0 Å². The number of aryl methyl sites for hydroxylation is 1. The molecule has 1 aromatic carbocycles. The molecule has 0 saturated heterocycles. The molecule has 2 N–H and O–H groups in total. The number of rotatable bonds is 9. The van der Waals surface area contributed by atoms with Crippen LogP contribution in [-0.2, 0) is 6.42 Å². The summed E-state index contributed by atoms with van der Waals surface area (Å²) in [6.07, 6.45) is 6.55. The normalized spacial score (nSPS) is 10.3. The topological polar surface area (TPSA) is 58.6 Å². The number of thiol groups is 1. The van der Waals surface area contributed by atoms with E-state index in [0.717, 1.165) is 38.5 Å². The van der Waals surface area contributed by atoms with E-state index in [9.17, 15) is 9.90 Å². The van der Waals surface area contributed by atoms with E-state index >= 15 is 0 Å². The Hall–Kier alpha value is -1.36. The molecule has 1 rings (SSSR count). The highest BCUT2D eigenvalue weighted by Crippen LogP contribution is 2.26. The second-order valence-corrected chi connectivity index (χ2v) is 5.16. The zero-order chi connectivity index (χ0) is 14.8. The number of hydrogen-bond donors (Lipinski definition) is 3. The van der Waals surface area contributed by atoms with E-state index in [1.54, 1.807) is 13.2 Å². The van der Waals surface area contributed by atoms with Crippen molar-refractivity contribution in [2.45, 2.75) is 38.5 Å². The zero-order valence-corrected chi connectivity index (χ0v) is 12.8. The van der Waals surface area contributed by atoms with Gasteiger partial charge < -0.3 is 15.2 Å². The predicted molar refractivity (Wildman–Crippen MR) is 83.8 cm³/mol. The van der Waals surface area contributed by atoms with Crippen LogP contribution in [0.3, 0.4) is 0 Å². The summed E-state index contributed by atoms with van der Waals surface area (Å²) in [5.74, 6) is 0.715. The quantitative estimate of drug-likeness (QED) is 0.483. The highest BCUT2D eigenvalue weighted by atomic mass is 32.1. The third-order valence-corrected chi connectivity index (χ3v) is 3.32. The highest BCUT2D eigenvalue weighted by molar-refractivity contribution is 7.96. The van der Waals surface area contributed by atoms with E-state index in [4.69, 9.17) is 4.74 Å². The number of benzene rings is 1. The monoisotopic (exact) mass is 297 g/mol. The van der Waals surface area contributed by atoms with Gasteiger partial charge in [0.05, 0.1) is 7.11 Å². The van der Waals surface area contributed by atoms with Gasteiger partial charge in [-0.3, -0.25) is 4.79 Å². The van der Waals surface area contributed by atoms with E-state index < -0.39 is 0 Å². The summed E-state index contributed by atoms with van der Waals surface area (Å²) in [4.78, 5) is 10.5. The van der Waals surface area contributed by atoms with Crippen molar-refractivity contribution in [3.05, 3.63) is 23.8 Å². The second kappa shape index (κ2) is 9.53. The smallest absolute Gasteiger partial charge is 0.275 e. The molecule has 0 spiro atoms. The van der Waals surface area contributed by atoms with Crippen LogP contribution in [-0.4, -0.2) is 24.0 Å². The molecule has 0 aromatic heterocycles. The summed E-state index contributed by atoms with van der Waals surface area (Å²) >= 11 is 3.64. The SMILES string of the molecule is COc1cc(CCCCCCCNC(=O)S)ccc1O. The number of carbonyl (C=O) groups is 1. The first-order valence-electron chi connectivity index (χ1n) is 6.96. The van der Waals surface area contributed by atoms with Crippen molar-refractivity contribution in [2.24, 2.45) is 0 Å². The van der Waals surface area contributed by atoms with Crippen molar-refractivity contribution >= 4 is 17.9 Å². The van der Waals surface area contributed by atoms with Crippen molar-refractivity contribution in [3.63, 3.8) is 0 Å². The Kier molecular flexibility index (Phi) is 7.95. The molecule has 0 saturated carbocycles. The molecule has 0 bridgehead atoms. The van der Waals surface area contributed by atoms with Crippen LogP contribution in [0.1, 0.15) is 37.7 Å². The molecule has 1 aromatic rings. The summed E-state index contributed by atoms with van der Waals surface area (Å²) in [5, 5.41) is 11.9. The van der Waals surface area contributed by atoms with Crippen molar-refractivity contribution < 1.29 is 14.6 Å². The van der Waals surface area contributed by atoms with Crippen LogP contribution in [0.25, 0.3) is 0 Å². The number of hydrogen-bond acceptors (Lipinski definition) is 3. The van der Waals surface area contributed by atoms with Gasteiger partial charge in [0.2, 0.25) is 0 Å². The fraction of sp³-hybridized carbons (Fsp3) is 0.533. The number of phenolic OH excluding ortho intramolecular Hbond substituents is 1. The van der Waals surface area contributed by atoms with Gasteiger partial charge in [0.1, 0.15) is 0 Å². The van der Waals surface area contributed by atoms with Crippen LogP contribution in [0, 0.1) is 0 Å². The maximum atomic E-state index is 10.5. The molecular formula is C15H23NO3S. The Morgan fingerprint density at radius 1 is 1.25 bits per heavy atom. The van der Waals surface area contributed by atoms with Crippen LogP contribution < -0.4 is 10.1 Å². The molecule has 112 valence electrons. The number of phenols is 1. The molecule has 0 unspecified atom stereocenters. The fourth-order valence-electron chi connectivity index (χ4n) is 2.06. The van der Waals surface area contributed by atoms with Gasteiger partial charge in [-0.25, -0.2) is 0 Å². The third kappa shape index (κ3) is 6.70. The number of methoxy groups -OCH3 is 1. The maximum absolute atomic E-state index is 10.5. The van der Waals surface area contributed by atoms with Gasteiger partial charge >= 0.3 is 0 Å². The number of unbranched alkanes of at least 4 members (excludes halogenated alkanes) is 4. The Morgan fingerprint density at radius 3 is 2.65 bits per heavy atom. The van der Waals surface area contributed by atoms with Gasteiger partial charge in [-0.15, -0.1) is 0 Å². The summed E-state index contributed by atoms with van der Waals surface area (Å²) in [7, 11) is 1.56. The highest BCUT2D eigenvalue weighted by Gasteiger charge is 2.02. The molecule has 4 nitrogen and oxygen atoms in total. The molecule has 20 heavy (non-hydrogen) atoms. The van der Waals surface area contributed by atoms with Crippen LogP contribution in [0.4, 0.5) is 4.79 Å². The van der Waals surface area contributed by atoms with E-state index in [0.29, 0.717) is 12.3 Å². The van der Waals surface area contributed by atoms with Gasteiger partial charge in [-0.05, 0) is 37.0 Å². The minimum Gasteiger partial charge on any atom is -0.504 e. The van der Waals surface area contributed by atoms with E-state index in [1.807, 2.05) is 12.1 Å². The maximum Gasteiger partial charge on any atom is 0.275 e. The van der Waals surface area contributed by atoms with Gasteiger partial charge in [0, 0.05) is 6.54 Å². The number of amides is 1. The molecule has 0 radical (unpaired) electrons. The van der Waals surface area contributed by atoms with E-state index in [1.165, 1.54) is 5.56 Å². The molecule has 0 aliphatic carbocycles. The van der Waals surface area contributed by atoms with Crippen molar-refractivity contribution in [2.75, 3.05) is 13.7 Å². The Balaban J connectivity index is 2.11. The number of carbonyl (C=O) groups excluding carboxylic acids is 1. The summed E-state index contributed by atoms with van der Waals surface area (Å²) < 4.78 is 5.09. The first-order valence-corrected chi connectivity index (χ1v) is 7.41.